The van der Waals surface area contributed by atoms with Gasteiger partial charge in [0.05, 0.1) is 16.3 Å². The summed E-state index contributed by atoms with van der Waals surface area (Å²) in [6, 6.07) is 8.53. The molecular formula is C19H16N4O3S. The van der Waals surface area contributed by atoms with E-state index in [0.29, 0.717) is 25.1 Å². The first-order valence-electron chi connectivity index (χ1n) is 8.54. The van der Waals surface area contributed by atoms with Gasteiger partial charge >= 0.3 is 0 Å². The summed E-state index contributed by atoms with van der Waals surface area (Å²) in [4.78, 5) is 33.5. The summed E-state index contributed by atoms with van der Waals surface area (Å²) in [5.41, 5.74) is 3.52. The SMILES string of the molecule is O=C(CCc1csc(-c2ccncc2)n1)N1CCc2ccc([N+](=O)[O-])cc21. The third-order valence-electron chi connectivity index (χ3n) is 4.55. The van der Waals surface area contributed by atoms with Gasteiger partial charge in [-0.3, -0.25) is 19.9 Å². The van der Waals surface area contributed by atoms with E-state index in [2.05, 4.69) is 9.97 Å². The summed E-state index contributed by atoms with van der Waals surface area (Å²) in [5.74, 6) is -0.0345. The molecule has 0 bridgehead atoms. The zero-order chi connectivity index (χ0) is 18.8. The Balaban J connectivity index is 1.44. The van der Waals surface area contributed by atoms with Crippen molar-refractivity contribution in [3.63, 3.8) is 0 Å². The average molecular weight is 380 g/mol. The monoisotopic (exact) mass is 380 g/mol. The smallest absolute Gasteiger partial charge is 0.271 e. The second-order valence-electron chi connectivity index (χ2n) is 6.25. The van der Waals surface area contributed by atoms with E-state index in [-0.39, 0.29) is 11.6 Å². The van der Waals surface area contributed by atoms with Crippen LogP contribution in [0.3, 0.4) is 0 Å². The average Bonchev–Trinajstić information content (AvgIpc) is 3.33. The molecule has 136 valence electrons. The number of aromatic nitrogens is 2. The molecule has 0 unspecified atom stereocenters. The lowest BCUT2D eigenvalue weighted by atomic mass is 10.1. The van der Waals surface area contributed by atoms with Crippen molar-refractivity contribution < 1.29 is 9.72 Å². The third-order valence-corrected chi connectivity index (χ3v) is 5.49. The molecule has 0 aliphatic carbocycles. The first-order chi connectivity index (χ1) is 13.1. The highest BCUT2D eigenvalue weighted by molar-refractivity contribution is 7.13. The number of carbonyl (C=O) groups is 1. The minimum atomic E-state index is -0.433. The van der Waals surface area contributed by atoms with E-state index in [0.717, 1.165) is 28.2 Å². The maximum atomic E-state index is 12.7. The largest absolute Gasteiger partial charge is 0.312 e. The highest BCUT2D eigenvalue weighted by Gasteiger charge is 2.26. The summed E-state index contributed by atoms with van der Waals surface area (Å²) in [5, 5.41) is 13.9. The van der Waals surface area contributed by atoms with Gasteiger partial charge in [-0.2, -0.15) is 0 Å². The highest BCUT2D eigenvalue weighted by Crippen LogP contribution is 2.32. The number of fused-ring (bicyclic) bond motifs is 1. The van der Waals surface area contributed by atoms with Gasteiger partial charge in [0.1, 0.15) is 5.01 Å². The molecule has 2 aromatic heterocycles. The lowest BCUT2D eigenvalue weighted by molar-refractivity contribution is -0.384. The summed E-state index contributed by atoms with van der Waals surface area (Å²) in [6.07, 6.45) is 5.04. The molecule has 1 amide bonds. The second kappa shape index (κ2) is 7.24. The van der Waals surface area contributed by atoms with Crippen molar-refractivity contribution in [2.75, 3.05) is 11.4 Å². The van der Waals surface area contributed by atoms with Crippen LogP contribution in [-0.4, -0.2) is 27.3 Å². The molecule has 0 atom stereocenters. The van der Waals surface area contributed by atoms with Crippen LogP contribution < -0.4 is 4.90 Å². The van der Waals surface area contributed by atoms with Crippen molar-refractivity contribution in [2.45, 2.75) is 19.3 Å². The van der Waals surface area contributed by atoms with Crippen molar-refractivity contribution in [3.05, 3.63) is 69.5 Å². The van der Waals surface area contributed by atoms with Crippen LogP contribution in [0.1, 0.15) is 17.7 Å². The quantitative estimate of drug-likeness (QED) is 0.498. The number of thiazole rings is 1. The second-order valence-corrected chi connectivity index (χ2v) is 7.10. The topological polar surface area (TPSA) is 89.2 Å². The fraction of sp³-hybridized carbons (Fsp3) is 0.211. The van der Waals surface area contributed by atoms with E-state index in [1.54, 1.807) is 34.7 Å². The molecule has 0 saturated heterocycles. The number of carbonyl (C=O) groups excluding carboxylic acids is 1. The zero-order valence-electron chi connectivity index (χ0n) is 14.4. The highest BCUT2D eigenvalue weighted by atomic mass is 32.1. The van der Waals surface area contributed by atoms with Gasteiger partial charge in [0.25, 0.3) is 5.69 Å². The summed E-state index contributed by atoms with van der Waals surface area (Å²) < 4.78 is 0. The number of benzene rings is 1. The Morgan fingerprint density at radius 2 is 2.07 bits per heavy atom. The number of amides is 1. The number of hydrogen-bond acceptors (Lipinski definition) is 6. The van der Waals surface area contributed by atoms with Crippen molar-refractivity contribution in [2.24, 2.45) is 0 Å². The van der Waals surface area contributed by atoms with Crippen molar-refractivity contribution in [1.82, 2.24) is 9.97 Å². The zero-order valence-corrected chi connectivity index (χ0v) is 15.2. The van der Waals surface area contributed by atoms with Crippen LogP contribution in [0, 0.1) is 10.1 Å². The standard InChI is InChI=1S/C19H16N4O3S/c24-18(22-10-7-13-1-3-16(23(25)26)11-17(13)22)4-2-15-12-27-19(21-15)14-5-8-20-9-6-14/h1,3,5-6,8-9,11-12H,2,4,7,10H2. The van der Waals surface area contributed by atoms with Gasteiger partial charge in [-0.1, -0.05) is 6.07 Å². The molecule has 1 aliphatic heterocycles. The summed E-state index contributed by atoms with van der Waals surface area (Å²) in [7, 11) is 0. The van der Waals surface area contributed by atoms with Gasteiger partial charge < -0.3 is 4.90 Å². The Labute approximate surface area is 159 Å². The first-order valence-corrected chi connectivity index (χ1v) is 9.42. The molecule has 0 N–H and O–H groups in total. The van der Waals surface area contributed by atoms with Gasteiger partial charge in [-0.15, -0.1) is 11.3 Å². The minimum absolute atomic E-state index is 0.00921. The van der Waals surface area contributed by atoms with Crippen LogP contribution in [0.15, 0.2) is 48.1 Å². The van der Waals surface area contributed by atoms with Crippen LogP contribution in [0.5, 0.6) is 0 Å². The molecule has 8 heteroatoms. The summed E-state index contributed by atoms with van der Waals surface area (Å²) in [6.45, 7) is 0.564. The molecule has 3 aromatic rings. The Morgan fingerprint density at radius 1 is 1.26 bits per heavy atom. The number of nitro benzene ring substituents is 1. The lowest BCUT2D eigenvalue weighted by Crippen LogP contribution is -2.29. The first kappa shape index (κ1) is 17.3. The molecule has 0 spiro atoms. The van der Waals surface area contributed by atoms with Crippen LogP contribution in [0.2, 0.25) is 0 Å². The number of rotatable bonds is 5. The molecule has 0 saturated carbocycles. The number of anilines is 1. The summed E-state index contributed by atoms with van der Waals surface area (Å²) >= 11 is 1.54. The normalized spacial score (nSPS) is 12.8. The van der Waals surface area contributed by atoms with Crippen LogP contribution >= 0.6 is 11.3 Å². The maximum Gasteiger partial charge on any atom is 0.271 e. The number of aryl methyl sites for hydroxylation is 1. The number of nitro groups is 1. The Bertz CT molecular complexity index is 1000. The molecule has 7 nitrogen and oxygen atoms in total. The molecule has 1 aliphatic rings. The lowest BCUT2D eigenvalue weighted by Gasteiger charge is -2.16. The predicted molar refractivity (Wildman–Crippen MR) is 103 cm³/mol. The van der Waals surface area contributed by atoms with Crippen molar-refractivity contribution >= 4 is 28.6 Å². The van der Waals surface area contributed by atoms with E-state index >= 15 is 0 Å². The Hall–Kier alpha value is -3.13. The van der Waals surface area contributed by atoms with E-state index in [1.165, 1.54) is 12.1 Å². The van der Waals surface area contributed by atoms with E-state index < -0.39 is 4.92 Å². The van der Waals surface area contributed by atoms with Gasteiger partial charge in [0.15, 0.2) is 0 Å². The van der Waals surface area contributed by atoms with Gasteiger partial charge in [-0.25, -0.2) is 4.98 Å². The molecule has 27 heavy (non-hydrogen) atoms. The van der Waals surface area contributed by atoms with Crippen molar-refractivity contribution in [3.8, 4) is 10.6 Å². The molecular weight excluding hydrogens is 364 g/mol. The van der Waals surface area contributed by atoms with Gasteiger partial charge in [-0.05, 0) is 30.5 Å². The third kappa shape index (κ3) is 3.56. The van der Waals surface area contributed by atoms with Crippen molar-refractivity contribution in [1.29, 1.82) is 0 Å². The fourth-order valence-electron chi connectivity index (χ4n) is 3.16. The number of hydrogen-bond donors (Lipinski definition) is 0. The fourth-order valence-corrected chi connectivity index (χ4v) is 4.02. The molecule has 0 fully saturated rings. The number of pyridine rings is 1. The van der Waals surface area contributed by atoms with E-state index in [1.807, 2.05) is 17.5 Å². The molecule has 1 aromatic carbocycles. The van der Waals surface area contributed by atoms with E-state index in [9.17, 15) is 14.9 Å². The Kier molecular flexibility index (Phi) is 4.64. The van der Waals surface area contributed by atoms with E-state index in [4.69, 9.17) is 0 Å². The van der Waals surface area contributed by atoms with Crippen LogP contribution in [0.4, 0.5) is 11.4 Å². The molecule has 3 heterocycles. The molecule has 0 radical (unpaired) electrons. The van der Waals surface area contributed by atoms with Crippen LogP contribution in [-0.2, 0) is 17.6 Å². The van der Waals surface area contributed by atoms with Crippen LogP contribution in [0.25, 0.3) is 10.6 Å². The van der Waals surface area contributed by atoms with Gasteiger partial charge in [0, 0.05) is 48.4 Å². The number of nitrogens with zero attached hydrogens (tertiary/aromatic N) is 4. The number of non-ortho nitro benzene ring substituents is 1. The minimum Gasteiger partial charge on any atom is -0.312 e. The Morgan fingerprint density at radius 3 is 2.85 bits per heavy atom. The maximum absolute atomic E-state index is 12.7. The van der Waals surface area contributed by atoms with Gasteiger partial charge in [0.2, 0.25) is 5.91 Å². The molecule has 4 rings (SSSR count). The predicted octanol–water partition coefficient (Wildman–Crippen LogP) is 3.64.